The minimum Gasteiger partial charge on any atom is -0.339 e. The van der Waals surface area contributed by atoms with Crippen LogP contribution >= 0.6 is 0 Å². The lowest BCUT2D eigenvalue weighted by Crippen LogP contribution is -2.55. The van der Waals surface area contributed by atoms with Crippen LogP contribution in [0.2, 0.25) is 0 Å². The molecule has 0 saturated carbocycles. The summed E-state index contributed by atoms with van der Waals surface area (Å²) in [6.07, 6.45) is 0. The van der Waals surface area contributed by atoms with E-state index in [0.717, 1.165) is 17.7 Å². The molecule has 1 heterocycles. The van der Waals surface area contributed by atoms with Crippen LogP contribution < -0.4 is 4.72 Å². The maximum Gasteiger partial charge on any atom is 0.244 e. The van der Waals surface area contributed by atoms with Gasteiger partial charge in [-0.1, -0.05) is 24.3 Å². The minimum absolute atomic E-state index is 0.0915. The number of halogens is 1. The van der Waals surface area contributed by atoms with E-state index in [1.807, 2.05) is 13.0 Å². The molecular formula is C21H26FN3O5S2. The highest BCUT2D eigenvalue weighted by Gasteiger charge is 2.33. The number of hydrogen-bond acceptors (Lipinski definition) is 5. The zero-order valence-electron chi connectivity index (χ0n) is 18.1. The van der Waals surface area contributed by atoms with Gasteiger partial charge in [0.25, 0.3) is 0 Å². The van der Waals surface area contributed by atoms with E-state index in [0.29, 0.717) is 5.56 Å². The van der Waals surface area contributed by atoms with Crippen LogP contribution in [0.1, 0.15) is 18.1 Å². The van der Waals surface area contributed by atoms with Crippen LogP contribution in [0.4, 0.5) is 4.39 Å². The van der Waals surface area contributed by atoms with Crippen LogP contribution in [0.3, 0.4) is 0 Å². The summed E-state index contributed by atoms with van der Waals surface area (Å²) < 4.78 is 68.4. The number of piperazine rings is 1. The molecule has 1 N–H and O–H groups in total. The Morgan fingerprint density at radius 2 is 1.59 bits per heavy atom. The van der Waals surface area contributed by atoms with Crippen LogP contribution in [0, 0.1) is 19.7 Å². The second-order valence-electron chi connectivity index (χ2n) is 7.77. The van der Waals surface area contributed by atoms with Gasteiger partial charge in [0.15, 0.2) is 0 Å². The van der Waals surface area contributed by atoms with Crippen molar-refractivity contribution in [2.24, 2.45) is 0 Å². The lowest BCUT2D eigenvalue weighted by Gasteiger charge is -2.35. The lowest BCUT2D eigenvalue weighted by molar-refractivity contribution is -0.133. The molecule has 0 aromatic heterocycles. The van der Waals surface area contributed by atoms with Crippen molar-refractivity contribution in [3.8, 4) is 0 Å². The van der Waals surface area contributed by atoms with Gasteiger partial charge in [-0.25, -0.2) is 21.2 Å². The zero-order valence-corrected chi connectivity index (χ0v) is 19.7. The minimum atomic E-state index is -4.23. The van der Waals surface area contributed by atoms with Gasteiger partial charge in [0.1, 0.15) is 10.7 Å². The average Bonchev–Trinajstić information content (AvgIpc) is 2.74. The normalized spacial score (nSPS) is 16.7. The smallest absolute Gasteiger partial charge is 0.244 e. The molecule has 0 unspecified atom stereocenters. The van der Waals surface area contributed by atoms with E-state index >= 15 is 0 Å². The summed E-state index contributed by atoms with van der Waals surface area (Å²) in [5, 5.41) is 0. The van der Waals surface area contributed by atoms with E-state index < -0.39 is 42.7 Å². The number of hydrogen-bond donors (Lipinski definition) is 1. The highest BCUT2D eigenvalue weighted by molar-refractivity contribution is 7.89. The molecule has 2 aromatic carbocycles. The van der Waals surface area contributed by atoms with Crippen molar-refractivity contribution in [3.63, 3.8) is 0 Å². The second kappa shape index (κ2) is 9.26. The van der Waals surface area contributed by atoms with E-state index in [1.165, 1.54) is 28.3 Å². The SMILES string of the molecule is Cc1ccc(C)c(S(=O)(=O)N2CCN(C(=O)[C@H](C)NS(=O)(=O)c3ccccc3F)CC2)c1. The Kier molecular flexibility index (Phi) is 7.03. The quantitative estimate of drug-likeness (QED) is 0.673. The standard InChI is InChI=1S/C21H26FN3O5S2/c1-15-8-9-16(2)20(14-15)32(29,30)25-12-10-24(11-13-25)21(26)17(3)23-31(27,28)19-7-5-4-6-18(19)22/h4-9,14,17,23H,10-13H2,1-3H3/t17-/m0/s1. The molecule has 174 valence electrons. The van der Waals surface area contributed by atoms with E-state index in [-0.39, 0.29) is 31.1 Å². The molecule has 1 atom stereocenters. The molecule has 3 rings (SSSR count). The molecule has 1 aliphatic rings. The number of carbonyl (C=O) groups is 1. The molecule has 1 aliphatic heterocycles. The van der Waals surface area contributed by atoms with Gasteiger partial charge in [-0.3, -0.25) is 4.79 Å². The fourth-order valence-electron chi connectivity index (χ4n) is 3.56. The Bertz CT molecular complexity index is 1220. The van der Waals surface area contributed by atoms with Crippen molar-refractivity contribution >= 4 is 26.0 Å². The van der Waals surface area contributed by atoms with Crippen LogP contribution in [-0.2, 0) is 24.8 Å². The third-order valence-electron chi connectivity index (χ3n) is 5.34. The summed E-state index contributed by atoms with van der Waals surface area (Å²) in [5.41, 5.74) is 1.48. The largest absolute Gasteiger partial charge is 0.339 e. The first kappa shape index (κ1) is 24.3. The summed E-state index contributed by atoms with van der Waals surface area (Å²) in [7, 11) is -7.94. The summed E-state index contributed by atoms with van der Waals surface area (Å²) in [4.78, 5) is 13.9. The van der Waals surface area contributed by atoms with Crippen molar-refractivity contribution in [2.45, 2.75) is 36.6 Å². The molecule has 2 aromatic rings. The second-order valence-corrected chi connectivity index (χ2v) is 11.4. The number of nitrogens with one attached hydrogen (secondary N) is 1. The van der Waals surface area contributed by atoms with Gasteiger partial charge in [-0.15, -0.1) is 0 Å². The zero-order chi connectivity index (χ0) is 23.7. The highest BCUT2D eigenvalue weighted by Crippen LogP contribution is 2.23. The lowest BCUT2D eigenvalue weighted by atomic mass is 10.2. The number of benzene rings is 2. The monoisotopic (exact) mass is 483 g/mol. The molecular weight excluding hydrogens is 457 g/mol. The number of aryl methyl sites for hydroxylation is 2. The molecule has 1 amide bonds. The van der Waals surface area contributed by atoms with E-state index in [2.05, 4.69) is 4.72 Å². The fourth-order valence-corrected chi connectivity index (χ4v) is 6.56. The predicted molar refractivity (Wildman–Crippen MR) is 117 cm³/mol. The topological polar surface area (TPSA) is 104 Å². The van der Waals surface area contributed by atoms with Crippen LogP contribution in [0.25, 0.3) is 0 Å². The number of sulfonamides is 2. The molecule has 0 bridgehead atoms. The Morgan fingerprint density at radius 3 is 2.22 bits per heavy atom. The molecule has 0 radical (unpaired) electrons. The fraction of sp³-hybridized carbons (Fsp3) is 0.381. The number of carbonyl (C=O) groups excluding carboxylic acids is 1. The van der Waals surface area contributed by atoms with Crippen molar-refractivity contribution in [2.75, 3.05) is 26.2 Å². The van der Waals surface area contributed by atoms with Gasteiger partial charge < -0.3 is 4.90 Å². The third kappa shape index (κ3) is 5.01. The van der Waals surface area contributed by atoms with E-state index in [1.54, 1.807) is 19.1 Å². The first-order valence-corrected chi connectivity index (χ1v) is 13.0. The Balaban J connectivity index is 1.66. The van der Waals surface area contributed by atoms with Gasteiger partial charge in [0.2, 0.25) is 26.0 Å². The van der Waals surface area contributed by atoms with Gasteiger partial charge in [-0.05, 0) is 50.1 Å². The first-order valence-electron chi connectivity index (χ1n) is 10.1. The first-order chi connectivity index (χ1) is 14.9. The number of rotatable bonds is 6. The van der Waals surface area contributed by atoms with Crippen LogP contribution in [0.15, 0.2) is 52.3 Å². The van der Waals surface area contributed by atoms with Crippen molar-refractivity contribution in [1.82, 2.24) is 13.9 Å². The molecule has 32 heavy (non-hydrogen) atoms. The summed E-state index contributed by atoms with van der Waals surface area (Å²) in [6.45, 7) is 5.35. The Morgan fingerprint density at radius 1 is 0.969 bits per heavy atom. The molecule has 0 aliphatic carbocycles. The summed E-state index contributed by atoms with van der Waals surface area (Å²) >= 11 is 0. The van der Waals surface area contributed by atoms with Crippen LogP contribution in [0.5, 0.6) is 0 Å². The molecule has 0 spiro atoms. The summed E-state index contributed by atoms with van der Waals surface area (Å²) in [6, 6.07) is 8.99. The Labute approximate surface area is 188 Å². The van der Waals surface area contributed by atoms with E-state index in [4.69, 9.17) is 0 Å². The molecule has 8 nitrogen and oxygen atoms in total. The summed E-state index contributed by atoms with van der Waals surface area (Å²) in [5.74, 6) is -1.42. The van der Waals surface area contributed by atoms with Gasteiger partial charge >= 0.3 is 0 Å². The van der Waals surface area contributed by atoms with Gasteiger partial charge in [-0.2, -0.15) is 9.03 Å². The van der Waals surface area contributed by atoms with Crippen LogP contribution in [-0.4, -0.2) is 64.2 Å². The van der Waals surface area contributed by atoms with Gasteiger partial charge in [0.05, 0.1) is 10.9 Å². The van der Waals surface area contributed by atoms with Crippen molar-refractivity contribution in [3.05, 3.63) is 59.4 Å². The maximum absolute atomic E-state index is 13.9. The Hall–Kier alpha value is -2.34. The molecule has 1 saturated heterocycles. The maximum atomic E-state index is 13.9. The van der Waals surface area contributed by atoms with Gasteiger partial charge in [0, 0.05) is 26.2 Å². The number of amides is 1. The number of nitrogens with zero attached hydrogens (tertiary/aromatic N) is 2. The highest BCUT2D eigenvalue weighted by atomic mass is 32.2. The average molecular weight is 484 g/mol. The van der Waals surface area contributed by atoms with Crippen molar-refractivity contribution < 1.29 is 26.0 Å². The predicted octanol–water partition coefficient (Wildman–Crippen LogP) is 1.64. The van der Waals surface area contributed by atoms with E-state index in [9.17, 15) is 26.0 Å². The molecule has 1 fully saturated rings. The molecule has 11 heteroatoms. The van der Waals surface area contributed by atoms with Crippen molar-refractivity contribution in [1.29, 1.82) is 0 Å². The third-order valence-corrected chi connectivity index (χ3v) is 8.95.